The standard InChI is InChI=1S/C16H16N2O3/c1-10-5-3-4-6-13(10)11(2)17-18-16(21)14-9-12(19)7-8-15(14)20/h3-9,19-20H,1-2H3,(H,18,21)/b17-11+. The molecule has 0 aliphatic carbocycles. The van der Waals surface area contributed by atoms with Gasteiger partial charge >= 0.3 is 0 Å². The van der Waals surface area contributed by atoms with Crippen LogP contribution in [0.5, 0.6) is 11.5 Å². The molecule has 0 saturated carbocycles. The number of phenolic OH excluding ortho intramolecular Hbond substituents is 2. The molecule has 1 amide bonds. The van der Waals surface area contributed by atoms with Gasteiger partial charge in [0.25, 0.3) is 5.91 Å². The van der Waals surface area contributed by atoms with E-state index in [1.165, 1.54) is 18.2 Å². The summed E-state index contributed by atoms with van der Waals surface area (Å²) in [5.74, 6) is -0.900. The molecule has 0 aliphatic heterocycles. The first kappa shape index (κ1) is 14.6. The summed E-state index contributed by atoms with van der Waals surface area (Å²) in [4.78, 5) is 11.9. The van der Waals surface area contributed by atoms with E-state index in [4.69, 9.17) is 0 Å². The molecular formula is C16H16N2O3. The van der Waals surface area contributed by atoms with Crippen molar-refractivity contribution in [3.8, 4) is 11.5 Å². The van der Waals surface area contributed by atoms with Crippen molar-refractivity contribution in [3.63, 3.8) is 0 Å². The van der Waals surface area contributed by atoms with Gasteiger partial charge in [-0.25, -0.2) is 5.43 Å². The Morgan fingerprint density at radius 2 is 1.81 bits per heavy atom. The predicted molar refractivity (Wildman–Crippen MR) is 80.6 cm³/mol. The predicted octanol–water partition coefficient (Wildman–Crippen LogP) is 2.56. The molecule has 5 nitrogen and oxygen atoms in total. The molecule has 0 atom stereocenters. The smallest absolute Gasteiger partial charge is 0.275 e. The highest BCUT2D eigenvalue weighted by molar-refractivity contribution is 6.02. The minimum atomic E-state index is -0.587. The number of hydrogen-bond acceptors (Lipinski definition) is 4. The monoisotopic (exact) mass is 284 g/mol. The van der Waals surface area contributed by atoms with Crippen LogP contribution in [0, 0.1) is 6.92 Å². The fraction of sp³-hybridized carbons (Fsp3) is 0.125. The number of nitrogens with zero attached hydrogens (tertiary/aromatic N) is 1. The molecule has 0 aliphatic rings. The summed E-state index contributed by atoms with van der Waals surface area (Å²) >= 11 is 0. The normalized spacial score (nSPS) is 11.2. The molecule has 0 fully saturated rings. The van der Waals surface area contributed by atoms with Crippen molar-refractivity contribution < 1.29 is 15.0 Å². The van der Waals surface area contributed by atoms with Gasteiger partial charge < -0.3 is 10.2 Å². The summed E-state index contributed by atoms with van der Waals surface area (Å²) in [6, 6.07) is 11.4. The second-order valence-electron chi connectivity index (χ2n) is 4.65. The number of carbonyl (C=O) groups excluding carboxylic acids is 1. The molecule has 0 spiro atoms. The zero-order valence-corrected chi connectivity index (χ0v) is 11.8. The van der Waals surface area contributed by atoms with Crippen molar-refractivity contribution in [2.75, 3.05) is 0 Å². The van der Waals surface area contributed by atoms with Crippen LogP contribution in [0.25, 0.3) is 0 Å². The van der Waals surface area contributed by atoms with E-state index in [-0.39, 0.29) is 17.1 Å². The van der Waals surface area contributed by atoms with Crippen molar-refractivity contribution in [1.29, 1.82) is 0 Å². The van der Waals surface area contributed by atoms with Gasteiger partial charge in [-0.15, -0.1) is 0 Å². The number of hydrazone groups is 1. The van der Waals surface area contributed by atoms with Crippen molar-refractivity contribution in [1.82, 2.24) is 5.43 Å². The fourth-order valence-electron chi connectivity index (χ4n) is 1.94. The number of hydrogen-bond donors (Lipinski definition) is 3. The maximum absolute atomic E-state index is 11.9. The van der Waals surface area contributed by atoms with E-state index >= 15 is 0 Å². The average molecular weight is 284 g/mol. The van der Waals surface area contributed by atoms with E-state index in [0.29, 0.717) is 5.71 Å². The largest absolute Gasteiger partial charge is 0.508 e. The first-order chi connectivity index (χ1) is 9.99. The zero-order chi connectivity index (χ0) is 15.4. The number of carbonyl (C=O) groups is 1. The van der Waals surface area contributed by atoms with E-state index < -0.39 is 5.91 Å². The molecule has 0 radical (unpaired) electrons. The quantitative estimate of drug-likeness (QED) is 0.460. The number of phenols is 2. The molecule has 2 rings (SSSR count). The van der Waals surface area contributed by atoms with E-state index in [1.807, 2.05) is 31.2 Å². The van der Waals surface area contributed by atoms with E-state index in [1.54, 1.807) is 6.92 Å². The second kappa shape index (κ2) is 6.09. The Morgan fingerprint density at radius 1 is 1.10 bits per heavy atom. The lowest BCUT2D eigenvalue weighted by Gasteiger charge is -2.07. The van der Waals surface area contributed by atoms with Gasteiger partial charge in [0.1, 0.15) is 11.5 Å². The minimum Gasteiger partial charge on any atom is -0.508 e. The Morgan fingerprint density at radius 3 is 2.52 bits per heavy atom. The van der Waals surface area contributed by atoms with Crippen LogP contribution in [-0.4, -0.2) is 21.8 Å². The van der Waals surface area contributed by atoms with E-state index in [9.17, 15) is 15.0 Å². The van der Waals surface area contributed by atoms with Crippen molar-refractivity contribution in [2.45, 2.75) is 13.8 Å². The topological polar surface area (TPSA) is 81.9 Å². The second-order valence-corrected chi connectivity index (χ2v) is 4.65. The number of amides is 1. The van der Waals surface area contributed by atoms with Crippen LogP contribution < -0.4 is 5.43 Å². The van der Waals surface area contributed by atoms with Crippen LogP contribution in [0.3, 0.4) is 0 Å². The first-order valence-corrected chi connectivity index (χ1v) is 6.41. The summed E-state index contributed by atoms with van der Waals surface area (Å²) in [5.41, 5.74) is 4.97. The van der Waals surface area contributed by atoms with Crippen LogP contribution in [0.15, 0.2) is 47.6 Å². The zero-order valence-electron chi connectivity index (χ0n) is 11.8. The molecule has 0 aromatic heterocycles. The third-order valence-electron chi connectivity index (χ3n) is 3.08. The van der Waals surface area contributed by atoms with Gasteiger partial charge in [-0.05, 0) is 37.6 Å². The third-order valence-corrected chi connectivity index (χ3v) is 3.08. The summed E-state index contributed by atoms with van der Waals surface area (Å²) in [6.45, 7) is 3.74. The Labute approximate surface area is 122 Å². The lowest BCUT2D eigenvalue weighted by molar-refractivity contribution is 0.0951. The Bertz CT molecular complexity index is 708. The molecular weight excluding hydrogens is 268 g/mol. The molecule has 5 heteroatoms. The van der Waals surface area contributed by atoms with Gasteiger partial charge in [0.05, 0.1) is 11.3 Å². The van der Waals surface area contributed by atoms with E-state index in [0.717, 1.165) is 11.1 Å². The maximum Gasteiger partial charge on any atom is 0.275 e. The number of benzene rings is 2. The highest BCUT2D eigenvalue weighted by atomic mass is 16.3. The van der Waals surface area contributed by atoms with Gasteiger partial charge in [-0.1, -0.05) is 24.3 Å². The molecule has 3 N–H and O–H groups in total. The fourth-order valence-corrected chi connectivity index (χ4v) is 1.94. The van der Waals surface area contributed by atoms with Crippen molar-refractivity contribution in [2.24, 2.45) is 5.10 Å². The van der Waals surface area contributed by atoms with Crippen LogP contribution in [0.2, 0.25) is 0 Å². The number of aryl methyl sites for hydroxylation is 1. The highest BCUT2D eigenvalue weighted by Gasteiger charge is 2.11. The number of rotatable bonds is 3. The summed E-state index contributed by atoms with van der Waals surface area (Å²) in [5, 5.41) is 23.0. The van der Waals surface area contributed by atoms with Gasteiger partial charge in [0.2, 0.25) is 0 Å². The first-order valence-electron chi connectivity index (χ1n) is 6.41. The number of aromatic hydroxyl groups is 2. The molecule has 108 valence electrons. The van der Waals surface area contributed by atoms with Gasteiger partial charge in [-0.2, -0.15) is 5.10 Å². The van der Waals surface area contributed by atoms with E-state index in [2.05, 4.69) is 10.5 Å². The minimum absolute atomic E-state index is 0.0312. The molecule has 2 aromatic rings. The highest BCUT2D eigenvalue weighted by Crippen LogP contribution is 2.21. The number of nitrogens with one attached hydrogen (secondary N) is 1. The molecule has 2 aromatic carbocycles. The average Bonchev–Trinajstić information content (AvgIpc) is 2.47. The third kappa shape index (κ3) is 3.39. The Balaban J connectivity index is 2.19. The van der Waals surface area contributed by atoms with Gasteiger partial charge in [-0.3, -0.25) is 4.79 Å². The summed E-state index contributed by atoms with van der Waals surface area (Å²) in [7, 11) is 0. The van der Waals surface area contributed by atoms with Crippen LogP contribution in [0.1, 0.15) is 28.4 Å². The van der Waals surface area contributed by atoms with Crippen molar-refractivity contribution in [3.05, 3.63) is 59.2 Å². The Hall–Kier alpha value is -2.82. The van der Waals surface area contributed by atoms with Gasteiger partial charge in [0, 0.05) is 5.56 Å². The lowest BCUT2D eigenvalue weighted by atomic mass is 10.1. The summed E-state index contributed by atoms with van der Waals surface area (Å²) < 4.78 is 0. The van der Waals surface area contributed by atoms with Crippen LogP contribution in [-0.2, 0) is 0 Å². The molecule has 0 unspecified atom stereocenters. The molecule has 0 bridgehead atoms. The maximum atomic E-state index is 11.9. The molecule has 0 saturated heterocycles. The Kier molecular flexibility index (Phi) is 4.23. The summed E-state index contributed by atoms with van der Waals surface area (Å²) in [6.07, 6.45) is 0. The lowest BCUT2D eigenvalue weighted by Crippen LogP contribution is -2.19. The van der Waals surface area contributed by atoms with Crippen molar-refractivity contribution >= 4 is 11.6 Å². The van der Waals surface area contributed by atoms with Crippen LogP contribution >= 0.6 is 0 Å². The molecule has 21 heavy (non-hydrogen) atoms. The molecule has 0 heterocycles. The SMILES string of the molecule is C/C(=N\NC(=O)c1cc(O)ccc1O)c1ccccc1C. The van der Waals surface area contributed by atoms with Crippen LogP contribution in [0.4, 0.5) is 0 Å². The van der Waals surface area contributed by atoms with Gasteiger partial charge in [0.15, 0.2) is 0 Å².